The Balaban J connectivity index is 2.43. The van der Waals surface area contributed by atoms with E-state index in [1.54, 1.807) is 19.2 Å². The second-order valence-electron chi connectivity index (χ2n) is 5.22. The highest BCUT2D eigenvalue weighted by atomic mass is 16.3. The molecule has 1 heterocycles. The number of likely N-dealkylation sites (N-methyl/N-ethyl adjacent to an activating group) is 1. The molecule has 1 fully saturated rings. The van der Waals surface area contributed by atoms with E-state index in [0.717, 1.165) is 6.42 Å². The first-order chi connectivity index (χ1) is 10.1. The zero-order chi connectivity index (χ0) is 15.7. The molecular weight excluding hydrogens is 266 g/mol. The van der Waals surface area contributed by atoms with Crippen LogP contribution in [0.4, 0.5) is 0 Å². The maximum Gasteiger partial charge on any atom is 0.237 e. The van der Waals surface area contributed by atoms with E-state index in [1.165, 1.54) is 24.2 Å². The largest absolute Gasteiger partial charge is 0.394 e. The molecule has 4 nitrogen and oxygen atoms in total. The number of amides is 1. The van der Waals surface area contributed by atoms with Gasteiger partial charge in [0.25, 0.3) is 0 Å². The third-order valence-electron chi connectivity index (χ3n) is 3.64. The fourth-order valence-corrected chi connectivity index (χ4v) is 2.27. The van der Waals surface area contributed by atoms with Crippen molar-refractivity contribution < 1.29 is 14.7 Å². The Morgan fingerprint density at radius 1 is 1.14 bits per heavy atom. The number of aliphatic hydroxyl groups excluding tert-OH is 1. The zero-order valence-corrected chi connectivity index (χ0v) is 12.9. The van der Waals surface area contributed by atoms with Crippen molar-refractivity contribution in [3.8, 4) is 0 Å². The van der Waals surface area contributed by atoms with Gasteiger partial charge in [-0.3, -0.25) is 9.59 Å². The summed E-state index contributed by atoms with van der Waals surface area (Å²) in [5.41, 5.74) is 0. The maximum atomic E-state index is 11.9. The Kier molecular flexibility index (Phi) is 7.69. The number of aliphatic hydroxyl groups is 1. The molecule has 1 aliphatic heterocycles. The SMILES string of the molecule is CCCCC/C=C/C=C/C=C/C1C(=O)[C@H](CO)N(C)C1=O. The Hall–Kier alpha value is -1.68. The summed E-state index contributed by atoms with van der Waals surface area (Å²) in [6.45, 7) is 1.86. The molecule has 0 saturated carbocycles. The average molecular weight is 291 g/mol. The standard InChI is InChI=1S/C17H25NO3/c1-3-4-5-6-7-8-9-10-11-12-14-16(20)15(13-19)18(2)17(14)21/h7-12,14-15,19H,3-6,13H2,1-2H3/b8-7+,10-9+,12-11+/t14?,15-/m0/s1. The van der Waals surface area contributed by atoms with Gasteiger partial charge in [-0.2, -0.15) is 0 Å². The van der Waals surface area contributed by atoms with Crippen LogP contribution < -0.4 is 0 Å². The predicted molar refractivity (Wildman–Crippen MR) is 83.7 cm³/mol. The number of likely N-dealkylation sites (tertiary alicyclic amines) is 1. The fraction of sp³-hybridized carbons (Fsp3) is 0.529. The highest BCUT2D eigenvalue weighted by Crippen LogP contribution is 2.20. The van der Waals surface area contributed by atoms with Crippen molar-refractivity contribution >= 4 is 11.7 Å². The summed E-state index contributed by atoms with van der Waals surface area (Å²) in [5.74, 6) is -1.24. The lowest BCUT2D eigenvalue weighted by molar-refractivity contribution is -0.130. The smallest absolute Gasteiger partial charge is 0.237 e. The van der Waals surface area contributed by atoms with Gasteiger partial charge in [0, 0.05) is 7.05 Å². The Labute approximate surface area is 126 Å². The Bertz CT molecular complexity index is 437. The van der Waals surface area contributed by atoms with Crippen LogP contribution >= 0.6 is 0 Å². The number of nitrogens with zero attached hydrogens (tertiary/aromatic N) is 1. The molecule has 21 heavy (non-hydrogen) atoms. The van der Waals surface area contributed by atoms with Gasteiger partial charge in [0.2, 0.25) is 5.91 Å². The van der Waals surface area contributed by atoms with Crippen molar-refractivity contribution in [2.24, 2.45) is 5.92 Å². The summed E-state index contributed by atoms with van der Waals surface area (Å²) < 4.78 is 0. The van der Waals surface area contributed by atoms with Crippen LogP contribution in [0, 0.1) is 5.92 Å². The Morgan fingerprint density at radius 2 is 1.86 bits per heavy atom. The molecule has 0 aromatic carbocycles. The van der Waals surface area contributed by atoms with Crippen LogP contribution in [0.3, 0.4) is 0 Å². The van der Waals surface area contributed by atoms with Crippen molar-refractivity contribution in [3.63, 3.8) is 0 Å². The van der Waals surface area contributed by atoms with Gasteiger partial charge in [0.05, 0.1) is 6.61 Å². The van der Waals surface area contributed by atoms with Crippen LogP contribution in [0.5, 0.6) is 0 Å². The molecule has 1 N–H and O–H groups in total. The second-order valence-corrected chi connectivity index (χ2v) is 5.22. The van der Waals surface area contributed by atoms with Gasteiger partial charge < -0.3 is 10.0 Å². The lowest BCUT2D eigenvalue weighted by Crippen LogP contribution is -2.34. The van der Waals surface area contributed by atoms with Crippen molar-refractivity contribution in [2.75, 3.05) is 13.7 Å². The molecule has 0 spiro atoms. The van der Waals surface area contributed by atoms with E-state index in [1.807, 2.05) is 18.2 Å². The van der Waals surface area contributed by atoms with Crippen molar-refractivity contribution in [1.29, 1.82) is 0 Å². The summed E-state index contributed by atoms with van der Waals surface area (Å²) >= 11 is 0. The highest BCUT2D eigenvalue weighted by Gasteiger charge is 2.43. The van der Waals surface area contributed by atoms with Crippen LogP contribution in [0.2, 0.25) is 0 Å². The van der Waals surface area contributed by atoms with E-state index in [-0.39, 0.29) is 18.3 Å². The van der Waals surface area contributed by atoms with E-state index < -0.39 is 12.0 Å². The van der Waals surface area contributed by atoms with E-state index in [0.29, 0.717) is 0 Å². The highest BCUT2D eigenvalue weighted by molar-refractivity contribution is 6.11. The molecule has 4 heteroatoms. The first-order valence-corrected chi connectivity index (χ1v) is 7.54. The average Bonchev–Trinajstić information content (AvgIpc) is 2.68. The minimum absolute atomic E-state index is 0.232. The molecule has 1 saturated heterocycles. The molecule has 1 unspecified atom stereocenters. The molecular formula is C17H25NO3. The third-order valence-corrected chi connectivity index (χ3v) is 3.64. The van der Waals surface area contributed by atoms with Crippen LogP contribution in [-0.4, -0.2) is 41.4 Å². The zero-order valence-electron chi connectivity index (χ0n) is 12.9. The molecule has 2 atom stereocenters. The predicted octanol–water partition coefficient (Wildman–Crippen LogP) is 2.25. The first-order valence-electron chi connectivity index (χ1n) is 7.54. The van der Waals surface area contributed by atoms with E-state index in [4.69, 9.17) is 5.11 Å². The van der Waals surface area contributed by atoms with Gasteiger partial charge in [-0.15, -0.1) is 0 Å². The number of allylic oxidation sites excluding steroid dienone is 5. The lowest BCUT2D eigenvalue weighted by atomic mass is 10.0. The summed E-state index contributed by atoms with van der Waals surface area (Å²) in [5, 5.41) is 9.11. The minimum Gasteiger partial charge on any atom is -0.394 e. The molecule has 1 aliphatic rings. The van der Waals surface area contributed by atoms with Crippen LogP contribution in [0.1, 0.15) is 32.6 Å². The molecule has 0 bridgehead atoms. The summed E-state index contributed by atoms with van der Waals surface area (Å²) in [6, 6.07) is -0.699. The monoisotopic (exact) mass is 291 g/mol. The molecule has 116 valence electrons. The van der Waals surface area contributed by atoms with E-state index in [9.17, 15) is 9.59 Å². The van der Waals surface area contributed by atoms with Gasteiger partial charge in [-0.25, -0.2) is 0 Å². The van der Waals surface area contributed by atoms with Gasteiger partial charge in [0.15, 0.2) is 5.78 Å². The summed E-state index contributed by atoms with van der Waals surface area (Å²) in [6.07, 6.45) is 15.8. The van der Waals surface area contributed by atoms with Crippen LogP contribution in [0.25, 0.3) is 0 Å². The molecule has 1 rings (SSSR count). The molecule has 0 aromatic rings. The van der Waals surface area contributed by atoms with Gasteiger partial charge >= 0.3 is 0 Å². The topological polar surface area (TPSA) is 57.6 Å². The number of hydrogen-bond donors (Lipinski definition) is 1. The fourth-order valence-electron chi connectivity index (χ4n) is 2.27. The lowest BCUT2D eigenvalue weighted by Gasteiger charge is -2.14. The number of Topliss-reactive ketones (excluding diaryl/α,β-unsaturated/α-hetero) is 1. The minimum atomic E-state index is -0.759. The quantitative estimate of drug-likeness (QED) is 0.424. The number of carbonyl (C=O) groups excluding carboxylic acids is 2. The number of carbonyl (C=O) groups is 2. The van der Waals surface area contributed by atoms with Crippen molar-refractivity contribution in [1.82, 2.24) is 4.90 Å². The first kappa shape index (κ1) is 17.4. The third kappa shape index (κ3) is 4.97. The van der Waals surface area contributed by atoms with Gasteiger partial charge in [-0.05, 0) is 12.8 Å². The number of ketones is 1. The molecule has 0 radical (unpaired) electrons. The van der Waals surface area contributed by atoms with E-state index in [2.05, 4.69) is 13.0 Å². The molecule has 0 aliphatic carbocycles. The number of rotatable bonds is 8. The second kappa shape index (κ2) is 9.29. The van der Waals surface area contributed by atoms with Gasteiger partial charge in [0.1, 0.15) is 12.0 Å². The van der Waals surface area contributed by atoms with Crippen molar-refractivity contribution in [2.45, 2.75) is 38.6 Å². The molecule has 0 aromatic heterocycles. The normalized spacial score (nSPS) is 23.5. The molecule has 1 amide bonds. The number of unbranched alkanes of at least 4 members (excludes halogenated alkanes) is 3. The van der Waals surface area contributed by atoms with Crippen LogP contribution in [0.15, 0.2) is 36.5 Å². The number of hydrogen-bond acceptors (Lipinski definition) is 3. The summed E-state index contributed by atoms with van der Waals surface area (Å²) in [4.78, 5) is 25.1. The van der Waals surface area contributed by atoms with Crippen LogP contribution in [-0.2, 0) is 9.59 Å². The maximum absolute atomic E-state index is 11.9. The summed E-state index contributed by atoms with van der Waals surface area (Å²) in [7, 11) is 1.55. The Morgan fingerprint density at radius 3 is 2.48 bits per heavy atom. The van der Waals surface area contributed by atoms with Gasteiger partial charge in [-0.1, -0.05) is 56.2 Å². The van der Waals surface area contributed by atoms with Crippen molar-refractivity contribution in [3.05, 3.63) is 36.5 Å². The van der Waals surface area contributed by atoms with E-state index >= 15 is 0 Å².